The normalized spacial score (nSPS) is 31.5. The lowest BCUT2D eigenvalue weighted by Gasteiger charge is -2.58. The van der Waals surface area contributed by atoms with E-state index in [0.717, 1.165) is 31.2 Å². The summed E-state index contributed by atoms with van der Waals surface area (Å²) in [5.41, 5.74) is 0.947. The van der Waals surface area contributed by atoms with E-state index in [-0.39, 0.29) is 22.3 Å². The van der Waals surface area contributed by atoms with Crippen molar-refractivity contribution in [2.75, 3.05) is 14.1 Å². The lowest BCUT2D eigenvalue weighted by molar-refractivity contribution is -0.171. The highest BCUT2D eigenvalue weighted by Gasteiger charge is 2.60. The van der Waals surface area contributed by atoms with Crippen molar-refractivity contribution in [2.45, 2.75) is 68.4 Å². The van der Waals surface area contributed by atoms with E-state index >= 15 is 0 Å². The molecule has 9 heteroatoms. The van der Waals surface area contributed by atoms with Gasteiger partial charge in [-0.05, 0) is 75.5 Å². The zero-order chi connectivity index (χ0) is 22.9. The Balaban J connectivity index is 1.39. The Hall–Kier alpha value is -1.64. The zero-order valence-electron chi connectivity index (χ0n) is 18.8. The van der Waals surface area contributed by atoms with Crippen LogP contribution in [-0.4, -0.2) is 47.2 Å². The van der Waals surface area contributed by atoms with E-state index in [2.05, 4.69) is 4.98 Å². The van der Waals surface area contributed by atoms with E-state index in [0.29, 0.717) is 36.1 Å². The highest BCUT2D eigenvalue weighted by molar-refractivity contribution is 7.89. The predicted molar refractivity (Wildman–Crippen MR) is 122 cm³/mol. The smallest absolute Gasteiger partial charge is 0.312 e. The number of halogens is 1. The molecule has 7 nitrogen and oxygen atoms in total. The number of alkyl halides is 1. The molecule has 4 saturated carbocycles. The van der Waals surface area contributed by atoms with E-state index in [9.17, 15) is 13.2 Å². The van der Waals surface area contributed by atoms with Crippen LogP contribution < -0.4 is 0 Å². The molecule has 174 valence electrons. The quantitative estimate of drug-likeness (QED) is 0.463. The van der Waals surface area contributed by atoms with Crippen LogP contribution in [0.4, 0.5) is 0 Å². The van der Waals surface area contributed by atoms with Crippen LogP contribution in [0.25, 0.3) is 11.0 Å². The summed E-state index contributed by atoms with van der Waals surface area (Å²) in [6.07, 6.45) is 5.70. The van der Waals surface area contributed by atoms with E-state index < -0.39 is 15.4 Å². The lowest BCUT2D eigenvalue weighted by Crippen LogP contribution is -2.56. The van der Waals surface area contributed by atoms with Gasteiger partial charge in [0, 0.05) is 25.5 Å². The highest BCUT2D eigenvalue weighted by atomic mass is 35.5. The van der Waals surface area contributed by atoms with Crippen LogP contribution >= 0.6 is 11.6 Å². The average molecular weight is 480 g/mol. The summed E-state index contributed by atoms with van der Waals surface area (Å²) in [7, 11) is -0.541. The second-order valence-electron chi connectivity index (χ2n) is 10.2. The van der Waals surface area contributed by atoms with Crippen molar-refractivity contribution >= 4 is 38.6 Å². The fourth-order valence-corrected chi connectivity index (χ4v) is 8.28. The Morgan fingerprint density at radius 3 is 2.53 bits per heavy atom. The van der Waals surface area contributed by atoms with Crippen molar-refractivity contribution < 1.29 is 17.9 Å². The molecule has 4 bridgehead atoms. The summed E-state index contributed by atoms with van der Waals surface area (Å²) in [5.74, 6) is 1.53. The van der Waals surface area contributed by atoms with Gasteiger partial charge in [-0.1, -0.05) is 0 Å². The Morgan fingerprint density at radius 2 is 1.94 bits per heavy atom. The van der Waals surface area contributed by atoms with Gasteiger partial charge < -0.3 is 9.30 Å². The minimum atomic E-state index is -3.55. The molecule has 0 aliphatic heterocycles. The molecule has 1 aromatic heterocycles. The molecule has 6 rings (SSSR count). The number of benzene rings is 1. The van der Waals surface area contributed by atoms with Crippen LogP contribution in [0.5, 0.6) is 0 Å². The lowest BCUT2D eigenvalue weighted by atomic mass is 9.49. The summed E-state index contributed by atoms with van der Waals surface area (Å²) in [6.45, 7) is 2.71. The first-order valence-electron chi connectivity index (χ1n) is 11.3. The van der Waals surface area contributed by atoms with Gasteiger partial charge in [-0.2, -0.15) is 0 Å². The molecule has 2 aromatic rings. The highest BCUT2D eigenvalue weighted by Crippen LogP contribution is 2.64. The van der Waals surface area contributed by atoms with E-state index in [1.165, 1.54) is 24.8 Å². The fourth-order valence-electron chi connectivity index (χ4n) is 6.67. The summed E-state index contributed by atoms with van der Waals surface area (Å²) < 4.78 is 34.0. The van der Waals surface area contributed by atoms with Crippen molar-refractivity contribution in [1.29, 1.82) is 0 Å². The number of imidazole rings is 1. The Labute approximate surface area is 194 Å². The molecule has 4 aliphatic carbocycles. The first-order valence-corrected chi connectivity index (χ1v) is 13.1. The van der Waals surface area contributed by atoms with Gasteiger partial charge in [-0.3, -0.25) is 4.79 Å². The maximum Gasteiger partial charge on any atom is 0.312 e. The van der Waals surface area contributed by atoms with Crippen molar-refractivity contribution in [3.8, 4) is 0 Å². The number of sulfonamides is 1. The van der Waals surface area contributed by atoms with Gasteiger partial charge in [0.25, 0.3) is 0 Å². The predicted octanol–water partition coefficient (Wildman–Crippen LogP) is 3.93. The molecule has 0 spiro atoms. The van der Waals surface area contributed by atoms with Crippen LogP contribution in [-0.2, 0) is 32.7 Å². The molecular weight excluding hydrogens is 450 g/mol. The van der Waals surface area contributed by atoms with Gasteiger partial charge in [0.05, 0.1) is 21.3 Å². The summed E-state index contributed by atoms with van der Waals surface area (Å²) in [5, 5.41) is 0. The second kappa shape index (κ2) is 7.43. The number of fused-ring (bicyclic) bond motifs is 1. The molecule has 1 heterocycles. The largest absolute Gasteiger partial charge is 0.457 e. The van der Waals surface area contributed by atoms with E-state index in [1.807, 2.05) is 11.5 Å². The van der Waals surface area contributed by atoms with Crippen molar-refractivity contribution in [1.82, 2.24) is 13.9 Å². The third kappa shape index (κ3) is 3.46. The van der Waals surface area contributed by atoms with Crippen LogP contribution in [0.1, 0.15) is 51.3 Å². The Kier molecular flexibility index (Phi) is 5.15. The molecule has 4 fully saturated rings. The number of aryl methyl sites for hydroxylation is 1. The summed E-state index contributed by atoms with van der Waals surface area (Å²) in [4.78, 5) is 17.9. The SMILES string of the molecule is CCn1c(COC(=O)C23C[C@@H]4C[C@@H](CC(Cl)(C4)C2)C3)nc2cc(S(=O)(=O)N(C)C)ccc21. The maximum absolute atomic E-state index is 13.3. The number of carbonyl (C=O) groups excluding carboxylic acids is 1. The van der Waals surface area contributed by atoms with Crippen molar-refractivity contribution in [3.05, 3.63) is 24.0 Å². The average Bonchev–Trinajstić information content (AvgIpc) is 3.06. The number of aromatic nitrogens is 2. The maximum atomic E-state index is 13.3. The monoisotopic (exact) mass is 479 g/mol. The topological polar surface area (TPSA) is 81.5 Å². The Bertz CT molecular complexity index is 1180. The molecule has 1 aromatic carbocycles. The number of hydrogen-bond acceptors (Lipinski definition) is 5. The van der Waals surface area contributed by atoms with Crippen LogP contribution in [0, 0.1) is 17.3 Å². The number of esters is 1. The Morgan fingerprint density at radius 1 is 1.25 bits per heavy atom. The molecule has 0 amide bonds. The molecule has 0 saturated heterocycles. The van der Waals surface area contributed by atoms with E-state index in [4.69, 9.17) is 16.3 Å². The number of rotatable bonds is 6. The minimum absolute atomic E-state index is 0.0729. The van der Waals surface area contributed by atoms with Gasteiger partial charge in [0.1, 0.15) is 12.4 Å². The van der Waals surface area contributed by atoms with Crippen molar-refractivity contribution in [3.63, 3.8) is 0 Å². The van der Waals surface area contributed by atoms with Crippen LogP contribution in [0.15, 0.2) is 23.1 Å². The molecule has 4 atom stereocenters. The van der Waals surface area contributed by atoms with Gasteiger partial charge in [0.2, 0.25) is 10.0 Å². The molecule has 0 N–H and O–H groups in total. The van der Waals surface area contributed by atoms with Crippen LogP contribution in [0.2, 0.25) is 0 Å². The van der Waals surface area contributed by atoms with E-state index in [1.54, 1.807) is 18.2 Å². The minimum Gasteiger partial charge on any atom is -0.457 e. The number of hydrogen-bond donors (Lipinski definition) is 0. The van der Waals surface area contributed by atoms with Gasteiger partial charge in [-0.25, -0.2) is 17.7 Å². The van der Waals surface area contributed by atoms with Gasteiger partial charge in [-0.15, -0.1) is 11.6 Å². The number of carbonyl (C=O) groups is 1. The standard InChI is InChI=1S/C23H30ClN3O4S/c1-4-27-19-6-5-17(32(29,30)26(2)3)8-18(19)25-20(27)13-31-21(28)22-9-15-7-16(10-22)12-23(24,11-15)14-22/h5-6,8,15-16H,4,7,9-14H2,1-3H3/t15-,16+,22?,23?. The molecule has 4 aliphatic rings. The third-order valence-corrected chi connectivity index (χ3v) is 9.90. The summed E-state index contributed by atoms with van der Waals surface area (Å²) in [6, 6.07) is 4.94. The van der Waals surface area contributed by atoms with Crippen molar-refractivity contribution in [2.24, 2.45) is 17.3 Å². The first-order chi connectivity index (χ1) is 15.1. The zero-order valence-corrected chi connectivity index (χ0v) is 20.4. The molecule has 0 radical (unpaired) electrons. The fraction of sp³-hybridized carbons (Fsp3) is 0.652. The third-order valence-electron chi connectivity index (χ3n) is 7.65. The number of nitrogens with zero attached hydrogens (tertiary/aromatic N) is 3. The molecule has 2 unspecified atom stereocenters. The van der Waals surface area contributed by atoms with Gasteiger partial charge in [0.15, 0.2) is 0 Å². The number of ether oxygens (including phenoxy) is 1. The van der Waals surface area contributed by atoms with Crippen LogP contribution in [0.3, 0.4) is 0 Å². The second-order valence-corrected chi connectivity index (χ2v) is 13.1. The summed E-state index contributed by atoms with van der Waals surface area (Å²) >= 11 is 6.88. The first kappa shape index (κ1) is 22.2. The van der Waals surface area contributed by atoms with Gasteiger partial charge >= 0.3 is 5.97 Å². The molecule has 32 heavy (non-hydrogen) atoms. The molecular formula is C23H30ClN3O4S.